The lowest BCUT2D eigenvalue weighted by molar-refractivity contribution is -0.138. The van der Waals surface area contributed by atoms with Gasteiger partial charge in [0.2, 0.25) is 5.91 Å². The van der Waals surface area contributed by atoms with Crippen molar-refractivity contribution in [3.8, 4) is 0 Å². The van der Waals surface area contributed by atoms with Gasteiger partial charge in [-0.2, -0.15) is 5.10 Å². The number of carbonyl (C=O) groups is 2. The average molecular weight is 699 g/mol. The van der Waals surface area contributed by atoms with E-state index in [1.165, 1.54) is 0 Å². The van der Waals surface area contributed by atoms with Crippen LogP contribution in [0.2, 0.25) is 5.02 Å². The molecular formula is C36H52BClN4O7. The number of fused-ring (bicyclic) bond motifs is 2. The Morgan fingerprint density at radius 1 is 1.08 bits per heavy atom. The van der Waals surface area contributed by atoms with E-state index in [4.69, 9.17) is 40.2 Å². The highest BCUT2D eigenvalue weighted by atomic mass is 35.5. The quantitative estimate of drug-likeness (QED) is 0.341. The predicted octanol–water partition coefficient (Wildman–Crippen LogP) is 5.67. The number of ether oxygens (including phenoxy) is 3. The van der Waals surface area contributed by atoms with Crippen molar-refractivity contribution in [3.05, 3.63) is 22.8 Å². The van der Waals surface area contributed by atoms with Gasteiger partial charge in [-0.15, -0.1) is 0 Å². The number of piperidine rings is 1. The maximum Gasteiger partial charge on any atom is 0.495 e. The molecule has 13 heteroatoms. The Morgan fingerprint density at radius 3 is 2.51 bits per heavy atom. The molecule has 268 valence electrons. The SMILES string of the molecule is CC(C)(C)OC(=O)N1CC[C@H]2CCN(C(=O)COCC3CC3c3c(Cl)cc4c(cnn4C4CCCCO4)c3B3OC(C)(C)C(C)(C)O3)[C@H]2C1. The van der Waals surface area contributed by atoms with Crippen molar-refractivity contribution < 1.29 is 33.1 Å². The largest absolute Gasteiger partial charge is 0.495 e. The zero-order chi connectivity index (χ0) is 34.9. The number of nitrogens with zero attached hydrogens (tertiary/aromatic N) is 4. The summed E-state index contributed by atoms with van der Waals surface area (Å²) in [6.45, 7) is 16.9. The highest BCUT2D eigenvalue weighted by molar-refractivity contribution is 6.66. The van der Waals surface area contributed by atoms with Crippen LogP contribution in [0.5, 0.6) is 0 Å². The van der Waals surface area contributed by atoms with Crippen molar-refractivity contribution in [2.24, 2.45) is 11.8 Å². The standard InChI is InChI=1S/C36H52BClN4O7/c1-34(2,3)47-33(44)40-13-11-22-12-14-41(28(22)19-40)29(43)21-45-20-23-16-24(23)31-26(38)17-27-25(18-39-42(27)30-10-8-9-15-46-30)32(31)37-48-35(4,5)36(6,7)49-37/h17-18,22-24,28,30H,8-16,19-21H2,1-7H3/t22-,23?,24?,28-,30?/m0/s1. The van der Waals surface area contributed by atoms with E-state index in [1.54, 1.807) is 4.90 Å². The van der Waals surface area contributed by atoms with Crippen LogP contribution in [0.25, 0.3) is 10.9 Å². The van der Waals surface area contributed by atoms with E-state index in [0.29, 0.717) is 37.2 Å². The van der Waals surface area contributed by atoms with Gasteiger partial charge in [0.25, 0.3) is 0 Å². The van der Waals surface area contributed by atoms with Crippen LogP contribution in [0.3, 0.4) is 0 Å². The van der Waals surface area contributed by atoms with Crippen LogP contribution in [0.1, 0.15) is 105 Å². The minimum Gasteiger partial charge on any atom is -0.444 e. The summed E-state index contributed by atoms with van der Waals surface area (Å²) in [5, 5.41) is 6.42. The topological polar surface area (TPSA) is 105 Å². The Morgan fingerprint density at radius 2 is 1.82 bits per heavy atom. The third kappa shape index (κ3) is 6.85. The Bertz CT molecular complexity index is 1570. The first-order valence-electron chi connectivity index (χ1n) is 18.2. The minimum atomic E-state index is -0.603. The van der Waals surface area contributed by atoms with Crippen molar-refractivity contribution in [2.45, 2.75) is 122 Å². The third-order valence-electron chi connectivity index (χ3n) is 11.5. The second kappa shape index (κ2) is 13.0. The number of hydrogen-bond donors (Lipinski definition) is 0. The van der Waals surface area contributed by atoms with Gasteiger partial charge < -0.3 is 33.3 Å². The number of likely N-dealkylation sites (tertiary alicyclic amines) is 2. The lowest BCUT2D eigenvalue weighted by atomic mass is 9.72. The molecular weight excluding hydrogens is 647 g/mol. The number of amides is 2. The van der Waals surface area contributed by atoms with Gasteiger partial charge in [-0.25, -0.2) is 9.48 Å². The molecule has 4 saturated heterocycles. The van der Waals surface area contributed by atoms with E-state index in [1.807, 2.05) is 42.6 Å². The van der Waals surface area contributed by atoms with Gasteiger partial charge in [0.05, 0.1) is 35.6 Å². The predicted molar refractivity (Wildman–Crippen MR) is 187 cm³/mol. The molecule has 7 rings (SSSR count). The zero-order valence-corrected chi connectivity index (χ0v) is 30.9. The van der Waals surface area contributed by atoms with Gasteiger partial charge >= 0.3 is 13.2 Å². The molecule has 0 radical (unpaired) electrons. The van der Waals surface area contributed by atoms with E-state index in [9.17, 15) is 9.59 Å². The molecule has 5 atom stereocenters. The molecule has 1 aliphatic carbocycles. The van der Waals surface area contributed by atoms with Crippen molar-refractivity contribution in [1.29, 1.82) is 0 Å². The number of benzene rings is 1. The monoisotopic (exact) mass is 698 g/mol. The molecule has 1 aromatic carbocycles. The van der Waals surface area contributed by atoms with E-state index in [0.717, 1.165) is 67.1 Å². The summed E-state index contributed by atoms with van der Waals surface area (Å²) in [5.41, 5.74) is 1.28. The van der Waals surface area contributed by atoms with Crippen LogP contribution in [0.15, 0.2) is 12.3 Å². The van der Waals surface area contributed by atoms with Crippen LogP contribution in [-0.2, 0) is 28.3 Å². The maximum atomic E-state index is 13.4. The van der Waals surface area contributed by atoms with Gasteiger partial charge in [0, 0.05) is 36.7 Å². The summed E-state index contributed by atoms with van der Waals surface area (Å²) in [6.07, 6.45) is 7.25. The smallest absolute Gasteiger partial charge is 0.444 e. The Balaban J connectivity index is 1.04. The van der Waals surface area contributed by atoms with Crippen molar-refractivity contribution in [2.75, 3.05) is 39.5 Å². The fourth-order valence-corrected chi connectivity index (χ4v) is 8.39. The second-order valence-electron chi connectivity index (χ2n) is 16.7. The summed E-state index contributed by atoms with van der Waals surface area (Å²) >= 11 is 7.17. The molecule has 0 spiro atoms. The number of carbonyl (C=O) groups excluding carboxylic acids is 2. The first-order chi connectivity index (χ1) is 23.1. The van der Waals surface area contributed by atoms with Crippen LogP contribution in [0.4, 0.5) is 4.79 Å². The van der Waals surface area contributed by atoms with E-state index in [-0.39, 0.29) is 42.7 Å². The van der Waals surface area contributed by atoms with Crippen molar-refractivity contribution >= 4 is 47.1 Å². The van der Waals surface area contributed by atoms with Gasteiger partial charge in [0.15, 0.2) is 6.23 Å². The molecule has 2 amide bonds. The number of rotatable bonds is 7. The first-order valence-corrected chi connectivity index (χ1v) is 18.5. The molecule has 3 unspecified atom stereocenters. The van der Waals surface area contributed by atoms with E-state index < -0.39 is 23.9 Å². The molecule has 0 N–H and O–H groups in total. The summed E-state index contributed by atoms with van der Waals surface area (Å²) in [6, 6.07) is 2.01. The highest BCUT2D eigenvalue weighted by Gasteiger charge is 2.54. The van der Waals surface area contributed by atoms with Crippen LogP contribution in [0, 0.1) is 11.8 Å². The summed E-state index contributed by atoms with van der Waals surface area (Å²) in [5.74, 6) is 0.733. The molecule has 5 aliphatic rings. The van der Waals surface area contributed by atoms with E-state index in [2.05, 4.69) is 27.7 Å². The van der Waals surface area contributed by atoms with Gasteiger partial charge in [0.1, 0.15) is 12.2 Å². The van der Waals surface area contributed by atoms with E-state index >= 15 is 0 Å². The lowest BCUT2D eigenvalue weighted by Gasteiger charge is -2.38. The Hall–Kier alpha value is -2.38. The normalized spacial score (nSPS) is 29.4. The molecule has 1 aromatic heterocycles. The van der Waals surface area contributed by atoms with Crippen molar-refractivity contribution in [1.82, 2.24) is 19.6 Å². The fourth-order valence-electron chi connectivity index (χ4n) is 8.04. The molecule has 2 aromatic rings. The fraction of sp³-hybridized carbons (Fsp3) is 0.750. The third-order valence-corrected chi connectivity index (χ3v) is 11.9. The maximum absolute atomic E-state index is 13.4. The van der Waals surface area contributed by atoms with Gasteiger partial charge in [-0.1, -0.05) is 11.6 Å². The molecule has 4 aliphatic heterocycles. The number of halogens is 1. The molecule has 5 heterocycles. The molecule has 0 bridgehead atoms. The van der Waals surface area contributed by atoms with Gasteiger partial charge in [-0.3, -0.25) is 4.79 Å². The lowest BCUT2D eigenvalue weighted by Crippen LogP contribution is -2.53. The number of hydrogen-bond acceptors (Lipinski definition) is 8. The molecule has 49 heavy (non-hydrogen) atoms. The summed E-state index contributed by atoms with van der Waals surface area (Å²) in [4.78, 5) is 29.9. The molecule has 1 saturated carbocycles. The zero-order valence-electron chi connectivity index (χ0n) is 30.1. The van der Waals surface area contributed by atoms with Gasteiger partial charge in [-0.05, 0) is 122 Å². The van der Waals surface area contributed by atoms with Crippen molar-refractivity contribution in [3.63, 3.8) is 0 Å². The highest BCUT2D eigenvalue weighted by Crippen LogP contribution is 2.51. The minimum absolute atomic E-state index is 0.000951. The average Bonchev–Trinajstić information content (AvgIpc) is 3.34. The Labute approximate surface area is 295 Å². The molecule has 11 nitrogen and oxygen atoms in total. The summed E-state index contributed by atoms with van der Waals surface area (Å²) < 4.78 is 33.0. The number of aromatic nitrogens is 2. The van der Waals surface area contributed by atoms with Crippen LogP contribution < -0.4 is 5.46 Å². The van der Waals surface area contributed by atoms with Crippen LogP contribution >= 0.6 is 11.6 Å². The van der Waals surface area contributed by atoms with Crippen LogP contribution in [-0.4, -0.2) is 101 Å². The summed E-state index contributed by atoms with van der Waals surface area (Å²) in [7, 11) is -0.603. The second-order valence-corrected chi connectivity index (χ2v) is 17.1. The first kappa shape index (κ1) is 35.0. The molecule has 5 fully saturated rings. The Kier molecular flexibility index (Phi) is 9.29.